The fourth-order valence-electron chi connectivity index (χ4n) is 1.94. The van der Waals surface area contributed by atoms with E-state index in [-0.39, 0.29) is 5.95 Å². The number of fused-ring (bicyclic) bond motifs is 1. The molecule has 0 saturated carbocycles. The molecule has 0 unspecified atom stereocenters. The van der Waals surface area contributed by atoms with E-state index in [0.717, 1.165) is 0 Å². The average molecular weight is 342 g/mol. The van der Waals surface area contributed by atoms with Crippen molar-refractivity contribution in [2.75, 3.05) is 23.9 Å². The molecule has 11 heteroatoms. The Labute approximate surface area is 132 Å². The molecule has 0 spiro atoms. The van der Waals surface area contributed by atoms with Crippen molar-refractivity contribution >= 4 is 30.5 Å². The Morgan fingerprint density at radius 1 is 1.57 bits per heavy atom. The molecule has 2 heterocycles. The fraction of sp³-hybridized carbons (Fsp3) is 0.417. The van der Waals surface area contributed by atoms with Crippen LogP contribution in [-0.4, -0.2) is 48.3 Å². The lowest BCUT2D eigenvalue weighted by atomic mass is 10.4. The third-order valence-corrected chi connectivity index (χ3v) is 3.36. The van der Waals surface area contributed by atoms with Gasteiger partial charge in [0.1, 0.15) is 6.35 Å². The van der Waals surface area contributed by atoms with Crippen LogP contribution < -0.4 is 11.1 Å². The molecule has 0 saturated heterocycles. The third-order valence-electron chi connectivity index (χ3n) is 2.88. The van der Waals surface area contributed by atoms with Crippen LogP contribution in [0.25, 0.3) is 11.2 Å². The molecule has 0 aliphatic rings. The van der Waals surface area contributed by atoms with Gasteiger partial charge in [-0.1, -0.05) is 6.08 Å². The summed E-state index contributed by atoms with van der Waals surface area (Å²) in [7, 11) is -4.20. The SMILES string of the molecule is C=CCNc1nc(N)nc2c1ncn2C[C@H](C)OCP(=O)(O)O. The maximum atomic E-state index is 10.8. The van der Waals surface area contributed by atoms with E-state index >= 15 is 0 Å². The molecule has 2 rings (SSSR count). The lowest BCUT2D eigenvalue weighted by Crippen LogP contribution is -2.17. The molecular weight excluding hydrogens is 323 g/mol. The second kappa shape index (κ2) is 7.05. The van der Waals surface area contributed by atoms with Crippen LogP contribution in [0.15, 0.2) is 19.0 Å². The highest BCUT2D eigenvalue weighted by Gasteiger charge is 2.17. The van der Waals surface area contributed by atoms with Gasteiger partial charge < -0.3 is 30.1 Å². The van der Waals surface area contributed by atoms with E-state index in [4.69, 9.17) is 20.3 Å². The minimum Gasteiger partial charge on any atom is -0.368 e. The van der Waals surface area contributed by atoms with Gasteiger partial charge in [0.05, 0.1) is 19.0 Å². The quantitative estimate of drug-likeness (QED) is 0.398. The van der Waals surface area contributed by atoms with Gasteiger partial charge in [-0.05, 0) is 6.92 Å². The lowest BCUT2D eigenvalue weighted by molar-refractivity contribution is 0.0764. The zero-order chi connectivity index (χ0) is 17.0. The highest BCUT2D eigenvalue weighted by Crippen LogP contribution is 2.34. The Bertz CT molecular complexity index is 742. The normalized spacial score (nSPS) is 13.2. The van der Waals surface area contributed by atoms with Crippen LogP contribution in [0.1, 0.15) is 6.92 Å². The summed E-state index contributed by atoms with van der Waals surface area (Å²) < 4.78 is 17.7. The van der Waals surface area contributed by atoms with Gasteiger partial charge in [0, 0.05) is 6.54 Å². The van der Waals surface area contributed by atoms with Gasteiger partial charge in [0.25, 0.3) is 0 Å². The summed E-state index contributed by atoms with van der Waals surface area (Å²) >= 11 is 0. The van der Waals surface area contributed by atoms with Crippen LogP contribution in [0.3, 0.4) is 0 Å². The number of nitrogen functional groups attached to an aromatic ring is 1. The van der Waals surface area contributed by atoms with E-state index in [1.807, 2.05) is 0 Å². The number of rotatable bonds is 8. The summed E-state index contributed by atoms with van der Waals surface area (Å²) in [6, 6.07) is 0. The van der Waals surface area contributed by atoms with Gasteiger partial charge in [-0.2, -0.15) is 9.97 Å². The first-order valence-corrected chi connectivity index (χ1v) is 8.59. The van der Waals surface area contributed by atoms with Gasteiger partial charge in [-0.25, -0.2) is 4.98 Å². The minimum absolute atomic E-state index is 0.0922. The van der Waals surface area contributed by atoms with Gasteiger partial charge in [0.15, 0.2) is 17.0 Å². The highest BCUT2D eigenvalue weighted by molar-refractivity contribution is 7.51. The lowest BCUT2D eigenvalue weighted by Gasteiger charge is -2.14. The van der Waals surface area contributed by atoms with Crippen molar-refractivity contribution in [1.82, 2.24) is 19.5 Å². The Balaban J connectivity index is 2.20. The monoisotopic (exact) mass is 342 g/mol. The summed E-state index contributed by atoms with van der Waals surface area (Å²) in [5, 5.41) is 3.03. The van der Waals surface area contributed by atoms with Crippen LogP contribution in [0.2, 0.25) is 0 Å². The number of aromatic nitrogens is 4. The minimum atomic E-state index is -4.20. The summed E-state index contributed by atoms with van der Waals surface area (Å²) in [4.78, 5) is 30.2. The molecule has 5 N–H and O–H groups in total. The molecule has 126 valence electrons. The van der Waals surface area contributed by atoms with Gasteiger partial charge in [0.2, 0.25) is 5.95 Å². The second-order valence-corrected chi connectivity index (χ2v) is 6.53. The van der Waals surface area contributed by atoms with E-state index in [0.29, 0.717) is 30.1 Å². The standard InChI is InChI=1S/C12H19N6O4P/c1-3-4-14-10-9-11(17-12(13)16-10)18(6-15-9)5-8(2)22-7-23(19,20)21/h3,6,8H,1,4-5,7H2,2H3,(H2,19,20,21)(H3,13,14,16,17)/t8-/m0/s1. The molecule has 0 aromatic carbocycles. The predicted molar refractivity (Wildman–Crippen MR) is 85.9 cm³/mol. The topological polar surface area (TPSA) is 148 Å². The summed E-state index contributed by atoms with van der Waals surface area (Å²) in [5.74, 6) is 0.588. The summed E-state index contributed by atoms with van der Waals surface area (Å²) in [6.45, 7) is 6.13. The van der Waals surface area contributed by atoms with Crippen molar-refractivity contribution in [3.05, 3.63) is 19.0 Å². The zero-order valence-electron chi connectivity index (χ0n) is 12.6. The number of nitrogens with two attached hydrogens (primary N) is 1. The average Bonchev–Trinajstić information content (AvgIpc) is 2.85. The second-order valence-electron chi connectivity index (χ2n) is 4.94. The van der Waals surface area contributed by atoms with Crippen LogP contribution in [0, 0.1) is 0 Å². The van der Waals surface area contributed by atoms with E-state index in [1.165, 1.54) is 0 Å². The van der Waals surface area contributed by atoms with Crippen molar-refractivity contribution in [1.29, 1.82) is 0 Å². The van der Waals surface area contributed by atoms with Gasteiger partial charge >= 0.3 is 7.60 Å². The zero-order valence-corrected chi connectivity index (χ0v) is 13.5. The molecule has 2 aromatic heterocycles. The molecule has 0 radical (unpaired) electrons. The van der Waals surface area contributed by atoms with Crippen LogP contribution >= 0.6 is 7.60 Å². The Morgan fingerprint density at radius 2 is 2.30 bits per heavy atom. The maximum Gasteiger partial charge on any atom is 0.350 e. The third kappa shape index (κ3) is 4.73. The number of anilines is 2. The smallest absolute Gasteiger partial charge is 0.350 e. The van der Waals surface area contributed by atoms with E-state index < -0.39 is 20.0 Å². The van der Waals surface area contributed by atoms with E-state index in [1.54, 1.807) is 23.9 Å². The largest absolute Gasteiger partial charge is 0.368 e. The number of ether oxygens (including phenoxy) is 1. The van der Waals surface area contributed by atoms with Crippen molar-refractivity contribution in [2.24, 2.45) is 0 Å². The van der Waals surface area contributed by atoms with Crippen LogP contribution in [0.5, 0.6) is 0 Å². The molecular formula is C12H19N6O4P. The van der Waals surface area contributed by atoms with Crippen LogP contribution in [-0.2, 0) is 15.8 Å². The first-order chi connectivity index (χ1) is 10.8. The first-order valence-electron chi connectivity index (χ1n) is 6.79. The molecule has 0 aliphatic carbocycles. The highest BCUT2D eigenvalue weighted by atomic mass is 31.2. The van der Waals surface area contributed by atoms with Crippen molar-refractivity contribution in [3.8, 4) is 0 Å². The summed E-state index contributed by atoms with van der Waals surface area (Å²) in [5.41, 5.74) is 6.76. The van der Waals surface area contributed by atoms with E-state index in [9.17, 15) is 4.57 Å². The number of hydrogen-bond donors (Lipinski definition) is 4. The molecule has 10 nitrogen and oxygen atoms in total. The van der Waals surface area contributed by atoms with Crippen molar-refractivity contribution in [3.63, 3.8) is 0 Å². The number of hydrogen-bond acceptors (Lipinski definition) is 7. The van der Waals surface area contributed by atoms with Gasteiger partial charge in [-0.15, -0.1) is 6.58 Å². The summed E-state index contributed by atoms with van der Waals surface area (Å²) in [6.07, 6.45) is 2.15. The molecule has 0 fully saturated rings. The number of imidazole rings is 1. The van der Waals surface area contributed by atoms with Crippen molar-refractivity contribution < 1.29 is 19.1 Å². The first kappa shape index (κ1) is 17.4. The molecule has 23 heavy (non-hydrogen) atoms. The molecule has 2 aromatic rings. The molecule has 1 atom stereocenters. The predicted octanol–water partition coefficient (Wildman–Crippen LogP) is 0.547. The van der Waals surface area contributed by atoms with E-state index in [2.05, 4.69) is 26.8 Å². The Morgan fingerprint density at radius 3 is 2.96 bits per heavy atom. The molecule has 0 bridgehead atoms. The van der Waals surface area contributed by atoms with Crippen molar-refractivity contribution in [2.45, 2.75) is 19.6 Å². The maximum absolute atomic E-state index is 10.8. The molecule has 0 aliphatic heterocycles. The fourth-order valence-corrected chi connectivity index (χ4v) is 2.39. The number of nitrogens with one attached hydrogen (secondary N) is 1. The van der Waals surface area contributed by atoms with Gasteiger partial charge in [-0.3, -0.25) is 4.57 Å². The number of nitrogens with zero attached hydrogens (tertiary/aromatic N) is 4. The Hall–Kier alpha value is -2.00. The molecule has 0 amide bonds. The Kier molecular flexibility index (Phi) is 5.32. The van der Waals surface area contributed by atoms with Crippen LogP contribution in [0.4, 0.5) is 11.8 Å².